The first-order chi connectivity index (χ1) is 5.20. The smallest absolute Gasteiger partial charge is 0.194 e. The van der Waals surface area contributed by atoms with Gasteiger partial charge in [-0.25, -0.2) is 0 Å². The van der Waals surface area contributed by atoms with Gasteiger partial charge < -0.3 is 9.84 Å². The Labute approximate surface area is 66.4 Å². The molecule has 0 radical (unpaired) electrons. The van der Waals surface area contributed by atoms with Crippen molar-refractivity contribution in [2.45, 2.75) is 20.1 Å². The highest BCUT2D eigenvalue weighted by Gasteiger charge is 1.99. The van der Waals surface area contributed by atoms with Crippen molar-refractivity contribution in [3.05, 3.63) is 29.8 Å². The van der Waals surface area contributed by atoms with Crippen LogP contribution in [0.1, 0.15) is 12.5 Å². The fraction of sp³-hybridized carbons (Fsp3) is 0.333. The van der Waals surface area contributed by atoms with Crippen LogP contribution in [0, 0.1) is 6.92 Å². The number of aliphatic hydroxyl groups excluding tert-OH is 1. The summed E-state index contributed by atoms with van der Waals surface area (Å²) in [6.07, 6.45) is -0.740. The zero-order chi connectivity index (χ0) is 8.27. The summed E-state index contributed by atoms with van der Waals surface area (Å²) in [6.45, 7) is 3.53. The molecule has 2 heteroatoms. The Hall–Kier alpha value is -1.02. The second-order valence-corrected chi connectivity index (χ2v) is 2.48. The third kappa shape index (κ3) is 2.24. The molecule has 1 rings (SSSR count). The van der Waals surface area contributed by atoms with Gasteiger partial charge in [0, 0.05) is 0 Å². The maximum absolute atomic E-state index is 8.91. The quantitative estimate of drug-likeness (QED) is 0.654. The van der Waals surface area contributed by atoms with E-state index in [9.17, 15) is 0 Å². The number of hydrogen-bond acceptors (Lipinski definition) is 2. The zero-order valence-corrected chi connectivity index (χ0v) is 6.74. The van der Waals surface area contributed by atoms with Gasteiger partial charge in [0.05, 0.1) is 0 Å². The topological polar surface area (TPSA) is 29.5 Å². The van der Waals surface area contributed by atoms with E-state index >= 15 is 0 Å². The van der Waals surface area contributed by atoms with Crippen LogP contribution in [0.5, 0.6) is 5.75 Å². The summed E-state index contributed by atoms with van der Waals surface area (Å²) in [4.78, 5) is 0. The Balaban J connectivity index is 2.78. The molecule has 0 spiro atoms. The third-order valence-corrected chi connectivity index (χ3v) is 1.39. The maximum atomic E-state index is 8.91. The monoisotopic (exact) mass is 152 g/mol. The second-order valence-electron chi connectivity index (χ2n) is 2.48. The predicted molar refractivity (Wildman–Crippen MR) is 43.5 cm³/mol. The number of benzene rings is 1. The minimum absolute atomic E-state index is 0.738. The van der Waals surface area contributed by atoms with Gasteiger partial charge in [0.1, 0.15) is 5.75 Å². The molecule has 60 valence electrons. The molecule has 0 saturated carbocycles. The van der Waals surface area contributed by atoms with Crippen LogP contribution in [0.15, 0.2) is 24.3 Å². The van der Waals surface area contributed by atoms with Crippen molar-refractivity contribution < 1.29 is 9.84 Å². The molecule has 0 aromatic heterocycles. The van der Waals surface area contributed by atoms with Gasteiger partial charge in [-0.05, 0) is 25.5 Å². The van der Waals surface area contributed by atoms with Crippen molar-refractivity contribution in [2.75, 3.05) is 0 Å². The van der Waals surface area contributed by atoms with E-state index in [0.29, 0.717) is 0 Å². The van der Waals surface area contributed by atoms with Crippen LogP contribution in [0.4, 0.5) is 0 Å². The standard InChI is InChI=1S/C9H12O2/c1-7-5-3-4-6-9(7)11-8(2)10/h3-6,8,10H,1-2H3. The number of aliphatic hydroxyl groups is 1. The number of hydrogen-bond donors (Lipinski definition) is 1. The van der Waals surface area contributed by atoms with E-state index in [1.54, 1.807) is 6.92 Å². The van der Waals surface area contributed by atoms with Gasteiger partial charge in [0.2, 0.25) is 0 Å². The van der Waals surface area contributed by atoms with Crippen LogP contribution < -0.4 is 4.74 Å². The third-order valence-electron chi connectivity index (χ3n) is 1.39. The molecule has 1 atom stereocenters. The lowest BCUT2D eigenvalue weighted by Gasteiger charge is -2.10. The normalized spacial score (nSPS) is 12.6. The minimum Gasteiger partial charge on any atom is -0.465 e. The molecule has 11 heavy (non-hydrogen) atoms. The van der Waals surface area contributed by atoms with Crippen LogP contribution in [0.3, 0.4) is 0 Å². The second kappa shape index (κ2) is 3.39. The lowest BCUT2D eigenvalue weighted by molar-refractivity contribution is -0.000799. The molecule has 0 fully saturated rings. The van der Waals surface area contributed by atoms with Gasteiger partial charge in [-0.2, -0.15) is 0 Å². The average Bonchev–Trinajstić information content (AvgIpc) is 1.93. The molecular weight excluding hydrogens is 140 g/mol. The molecule has 0 aliphatic heterocycles. The summed E-state index contributed by atoms with van der Waals surface area (Å²) in [5.74, 6) is 0.738. The van der Waals surface area contributed by atoms with Crippen molar-refractivity contribution >= 4 is 0 Å². The highest BCUT2D eigenvalue weighted by Crippen LogP contribution is 2.16. The van der Waals surface area contributed by atoms with Crippen LogP contribution in [0.25, 0.3) is 0 Å². The molecule has 1 unspecified atom stereocenters. The summed E-state index contributed by atoms with van der Waals surface area (Å²) in [5, 5.41) is 8.91. The summed E-state index contributed by atoms with van der Waals surface area (Å²) >= 11 is 0. The predicted octanol–water partition coefficient (Wildman–Crippen LogP) is 1.71. The molecule has 0 aliphatic rings. The maximum Gasteiger partial charge on any atom is 0.194 e. The zero-order valence-electron chi connectivity index (χ0n) is 6.74. The highest BCUT2D eigenvalue weighted by atomic mass is 16.6. The lowest BCUT2D eigenvalue weighted by Crippen LogP contribution is -2.10. The Morgan fingerprint density at radius 1 is 1.36 bits per heavy atom. The molecule has 1 N–H and O–H groups in total. The van der Waals surface area contributed by atoms with E-state index in [1.807, 2.05) is 31.2 Å². The van der Waals surface area contributed by atoms with Gasteiger partial charge in [0.25, 0.3) is 0 Å². The van der Waals surface area contributed by atoms with E-state index in [-0.39, 0.29) is 0 Å². The van der Waals surface area contributed by atoms with E-state index in [4.69, 9.17) is 9.84 Å². The van der Waals surface area contributed by atoms with Crippen LogP contribution in [-0.2, 0) is 0 Å². The Morgan fingerprint density at radius 2 is 2.00 bits per heavy atom. The molecule has 2 nitrogen and oxygen atoms in total. The van der Waals surface area contributed by atoms with Crippen LogP contribution in [-0.4, -0.2) is 11.4 Å². The van der Waals surface area contributed by atoms with E-state index in [1.165, 1.54) is 0 Å². The summed E-state index contributed by atoms with van der Waals surface area (Å²) in [7, 11) is 0. The van der Waals surface area contributed by atoms with E-state index in [0.717, 1.165) is 11.3 Å². The Morgan fingerprint density at radius 3 is 2.55 bits per heavy atom. The van der Waals surface area contributed by atoms with Gasteiger partial charge in [-0.3, -0.25) is 0 Å². The van der Waals surface area contributed by atoms with Crippen molar-refractivity contribution in [3.63, 3.8) is 0 Å². The van der Waals surface area contributed by atoms with Crippen molar-refractivity contribution in [1.82, 2.24) is 0 Å². The van der Waals surface area contributed by atoms with Gasteiger partial charge in [-0.15, -0.1) is 0 Å². The SMILES string of the molecule is Cc1ccccc1OC(C)O. The molecule has 1 aromatic carbocycles. The van der Waals surface area contributed by atoms with Crippen molar-refractivity contribution in [2.24, 2.45) is 0 Å². The molecular formula is C9H12O2. The number of ether oxygens (including phenoxy) is 1. The lowest BCUT2D eigenvalue weighted by atomic mass is 10.2. The largest absolute Gasteiger partial charge is 0.465 e. The molecule has 0 saturated heterocycles. The molecule has 0 bridgehead atoms. The fourth-order valence-corrected chi connectivity index (χ4v) is 0.872. The van der Waals surface area contributed by atoms with Crippen LogP contribution >= 0.6 is 0 Å². The Kier molecular flexibility index (Phi) is 2.49. The highest BCUT2D eigenvalue weighted by molar-refractivity contribution is 5.31. The van der Waals surface area contributed by atoms with Gasteiger partial charge in [-0.1, -0.05) is 18.2 Å². The van der Waals surface area contributed by atoms with Gasteiger partial charge in [0.15, 0.2) is 6.29 Å². The molecule has 0 amide bonds. The first kappa shape index (κ1) is 8.08. The molecule has 0 heterocycles. The minimum atomic E-state index is -0.740. The number of aryl methyl sites for hydroxylation is 1. The summed E-state index contributed by atoms with van der Waals surface area (Å²) in [5.41, 5.74) is 1.04. The molecule has 0 aliphatic carbocycles. The summed E-state index contributed by atoms with van der Waals surface area (Å²) in [6, 6.07) is 7.59. The molecule has 1 aromatic rings. The summed E-state index contributed by atoms with van der Waals surface area (Å²) < 4.78 is 5.10. The fourth-order valence-electron chi connectivity index (χ4n) is 0.872. The van der Waals surface area contributed by atoms with Crippen molar-refractivity contribution in [3.8, 4) is 5.75 Å². The van der Waals surface area contributed by atoms with Gasteiger partial charge >= 0.3 is 0 Å². The van der Waals surface area contributed by atoms with E-state index < -0.39 is 6.29 Å². The Bertz CT molecular complexity index is 231. The van der Waals surface area contributed by atoms with E-state index in [2.05, 4.69) is 0 Å². The average molecular weight is 152 g/mol. The number of para-hydroxylation sites is 1. The first-order valence-electron chi connectivity index (χ1n) is 3.60. The number of rotatable bonds is 2. The van der Waals surface area contributed by atoms with Crippen molar-refractivity contribution in [1.29, 1.82) is 0 Å². The first-order valence-corrected chi connectivity index (χ1v) is 3.60. The van der Waals surface area contributed by atoms with Crippen LogP contribution in [0.2, 0.25) is 0 Å².